The predicted molar refractivity (Wildman–Crippen MR) is 131 cm³/mol. The van der Waals surface area contributed by atoms with Crippen LogP contribution in [0.5, 0.6) is 5.75 Å². The highest BCUT2D eigenvalue weighted by atomic mass is 32.2. The van der Waals surface area contributed by atoms with Gasteiger partial charge in [-0.15, -0.1) is 0 Å². The number of nitrogens with zero attached hydrogens (tertiary/aromatic N) is 1. The second-order valence-electron chi connectivity index (χ2n) is 7.88. The summed E-state index contributed by atoms with van der Waals surface area (Å²) in [7, 11) is -3.94. The van der Waals surface area contributed by atoms with Crippen molar-refractivity contribution in [3.05, 3.63) is 89.5 Å². The molecule has 0 radical (unpaired) electrons. The molecule has 7 heteroatoms. The molecular formula is C26H30N2O4S. The average molecular weight is 467 g/mol. The van der Waals surface area contributed by atoms with Crippen molar-refractivity contribution in [1.29, 1.82) is 0 Å². The number of sulfonamides is 1. The summed E-state index contributed by atoms with van der Waals surface area (Å²) in [4.78, 5) is 13.1. The van der Waals surface area contributed by atoms with E-state index in [9.17, 15) is 13.2 Å². The lowest BCUT2D eigenvalue weighted by molar-refractivity contribution is -0.120. The molecule has 0 fully saturated rings. The molecule has 0 spiro atoms. The second-order valence-corrected chi connectivity index (χ2v) is 9.75. The normalized spacial score (nSPS) is 12.1. The molecule has 0 saturated heterocycles. The molecule has 0 unspecified atom stereocenters. The van der Waals surface area contributed by atoms with E-state index in [1.165, 1.54) is 12.1 Å². The molecule has 0 heterocycles. The van der Waals surface area contributed by atoms with Gasteiger partial charge in [-0.3, -0.25) is 9.10 Å². The van der Waals surface area contributed by atoms with Crippen LogP contribution in [-0.2, 0) is 14.8 Å². The van der Waals surface area contributed by atoms with Crippen LogP contribution in [0.3, 0.4) is 0 Å². The number of carbonyl (C=O) groups is 1. The van der Waals surface area contributed by atoms with E-state index in [-0.39, 0.29) is 17.5 Å². The zero-order chi connectivity index (χ0) is 24.0. The molecule has 174 valence electrons. The minimum Gasteiger partial charge on any atom is -0.494 e. The van der Waals surface area contributed by atoms with Gasteiger partial charge < -0.3 is 10.1 Å². The van der Waals surface area contributed by atoms with Crippen LogP contribution >= 0.6 is 0 Å². The molecule has 6 nitrogen and oxygen atoms in total. The maximum atomic E-state index is 13.5. The molecule has 1 atom stereocenters. The van der Waals surface area contributed by atoms with E-state index in [1.54, 1.807) is 30.3 Å². The lowest BCUT2D eigenvalue weighted by Crippen LogP contribution is -2.41. The Labute approximate surface area is 196 Å². The second kappa shape index (κ2) is 10.5. The minimum absolute atomic E-state index is 0.135. The Morgan fingerprint density at radius 3 is 2.24 bits per heavy atom. The molecular weight excluding hydrogens is 436 g/mol. The molecule has 0 saturated carbocycles. The highest BCUT2D eigenvalue weighted by Gasteiger charge is 2.27. The first-order valence-electron chi connectivity index (χ1n) is 10.9. The predicted octanol–water partition coefficient (Wildman–Crippen LogP) is 4.77. The number of nitrogens with one attached hydrogen (secondary N) is 1. The van der Waals surface area contributed by atoms with Crippen molar-refractivity contribution < 1.29 is 17.9 Å². The van der Waals surface area contributed by atoms with Gasteiger partial charge in [-0.25, -0.2) is 8.42 Å². The van der Waals surface area contributed by atoms with E-state index in [0.29, 0.717) is 12.3 Å². The van der Waals surface area contributed by atoms with Crippen LogP contribution in [-0.4, -0.2) is 27.5 Å². The van der Waals surface area contributed by atoms with Crippen molar-refractivity contribution in [3.63, 3.8) is 0 Å². The van der Waals surface area contributed by atoms with Gasteiger partial charge in [0.05, 0.1) is 23.2 Å². The van der Waals surface area contributed by atoms with Gasteiger partial charge in [-0.05, 0) is 80.8 Å². The molecule has 33 heavy (non-hydrogen) atoms. The van der Waals surface area contributed by atoms with Gasteiger partial charge >= 0.3 is 0 Å². The third-order valence-corrected chi connectivity index (χ3v) is 7.25. The van der Waals surface area contributed by atoms with E-state index < -0.39 is 15.9 Å². The summed E-state index contributed by atoms with van der Waals surface area (Å²) in [5.41, 5.74) is 3.34. The SMILES string of the molecule is CCOc1ccc([C@H](C)NC(=O)CN(c2ccc(C)c(C)c2)S(=O)(=O)c2ccccc2)cc1. The lowest BCUT2D eigenvalue weighted by Gasteiger charge is -2.25. The van der Waals surface area contributed by atoms with Gasteiger partial charge in [-0.2, -0.15) is 0 Å². The molecule has 0 bridgehead atoms. The summed E-state index contributed by atoms with van der Waals surface area (Å²) in [6, 6.07) is 20.7. The van der Waals surface area contributed by atoms with Gasteiger partial charge in [0.15, 0.2) is 0 Å². The summed E-state index contributed by atoms with van der Waals surface area (Å²) in [6.45, 7) is 7.90. The van der Waals surface area contributed by atoms with Gasteiger partial charge in [-0.1, -0.05) is 36.4 Å². The Balaban J connectivity index is 1.85. The first kappa shape index (κ1) is 24.3. The molecule has 0 aliphatic carbocycles. The van der Waals surface area contributed by atoms with Crippen LogP contribution in [0.2, 0.25) is 0 Å². The van der Waals surface area contributed by atoms with Crippen molar-refractivity contribution in [3.8, 4) is 5.75 Å². The maximum absolute atomic E-state index is 13.5. The fourth-order valence-electron chi connectivity index (χ4n) is 3.44. The molecule has 0 aliphatic heterocycles. The molecule has 1 N–H and O–H groups in total. The minimum atomic E-state index is -3.94. The van der Waals surface area contributed by atoms with Gasteiger partial charge in [0.25, 0.3) is 10.0 Å². The number of hydrogen-bond donors (Lipinski definition) is 1. The standard InChI is InChI=1S/C26H30N2O4S/c1-5-32-24-15-12-22(13-16-24)21(4)27-26(29)18-28(23-14-11-19(2)20(3)17-23)33(30,31)25-9-7-6-8-10-25/h6-17,21H,5,18H2,1-4H3,(H,27,29)/t21-/m0/s1. The maximum Gasteiger partial charge on any atom is 0.264 e. The summed E-state index contributed by atoms with van der Waals surface area (Å²) in [5.74, 6) is 0.365. The number of ether oxygens (including phenoxy) is 1. The molecule has 1 amide bonds. The van der Waals surface area contributed by atoms with Crippen LogP contribution in [0.1, 0.15) is 36.6 Å². The van der Waals surface area contributed by atoms with Crippen LogP contribution in [0.15, 0.2) is 77.7 Å². The van der Waals surface area contributed by atoms with Crippen molar-refractivity contribution in [2.75, 3.05) is 17.5 Å². The Kier molecular flexibility index (Phi) is 7.76. The number of carbonyl (C=O) groups excluding carboxylic acids is 1. The van der Waals surface area contributed by atoms with Gasteiger partial charge in [0.2, 0.25) is 5.91 Å². The number of anilines is 1. The van der Waals surface area contributed by atoms with E-state index in [0.717, 1.165) is 26.7 Å². The van der Waals surface area contributed by atoms with E-state index in [4.69, 9.17) is 4.74 Å². The molecule has 3 aromatic rings. The fraction of sp³-hybridized carbons (Fsp3) is 0.269. The molecule has 3 aromatic carbocycles. The summed E-state index contributed by atoms with van der Waals surface area (Å²) < 4.78 is 33.5. The largest absolute Gasteiger partial charge is 0.494 e. The number of hydrogen-bond acceptors (Lipinski definition) is 4. The van der Waals surface area contributed by atoms with Gasteiger partial charge in [0, 0.05) is 0 Å². The molecule has 3 rings (SSSR count). The monoisotopic (exact) mass is 466 g/mol. The topological polar surface area (TPSA) is 75.7 Å². The van der Waals surface area contributed by atoms with Crippen molar-refractivity contribution >= 4 is 21.6 Å². The average Bonchev–Trinajstić information content (AvgIpc) is 2.80. The Bertz CT molecular complexity index is 1190. The molecule has 0 aromatic heterocycles. The van der Waals surface area contributed by atoms with Crippen LogP contribution < -0.4 is 14.4 Å². The highest BCUT2D eigenvalue weighted by Crippen LogP contribution is 2.26. The zero-order valence-electron chi connectivity index (χ0n) is 19.4. The lowest BCUT2D eigenvalue weighted by atomic mass is 10.1. The van der Waals surface area contributed by atoms with E-state index in [1.807, 2.05) is 58.0 Å². The van der Waals surface area contributed by atoms with Crippen molar-refractivity contribution in [1.82, 2.24) is 5.32 Å². The Hall–Kier alpha value is -3.32. The first-order chi connectivity index (χ1) is 15.7. The summed E-state index contributed by atoms with van der Waals surface area (Å²) >= 11 is 0. The quantitative estimate of drug-likeness (QED) is 0.493. The van der Waals surface area contributed by atoms with Crippen LogP contribution in [0.4, 0.5) is 5.69 Å². The highest BCUT2D eigenvalue weighted by molar-refractivity contribution is 7.92. The van der Waals surface area contributed by atoms with Crippen LogP contribution in [0.25, 0.3) is 0 Å². The third kappa shape index (κ3) is 5.93. The molecule has 0 aliphatic rings. The number of rotatable bonds is 9. The zero-order valence-corrected chi connectivity index (χ0v) is 20.2. The van der Waals surface area contributed by atoms with Crippen LogP contribution in [0, 0.1) is 13.8 Å². The Morgan fingerprint density at radius 2 is 1.64 bits per heavy atom. The number of benzene rings is 3. The first-order valence-corrected chi connectivity index (χ1v) is 12.3. The smallest absolute Gasteiger partial charge is 0.264 e. The van der Waals surface area contributed by atoms with Gasteiger partial charge in [0.1, 0.15) is 12.3 Å². The van der Waals surface area contributed by atoms with E-state index in [2.05, 4.69) is 5.32 Å². The number of aryl methyl sites for hydroxylation is 2. The number of amides is 1. The van der Waals surface area contributed by atoms with E-state index >= 15 is 0 Å². The Morgan fingerprint density at radius 1 is 0.970 bits per heavy atom. The third-order valence-electron chi connectivity index (χ3n) is 5.47. The summed E-state index contributed by atoms with van der Waals surface area (Å²) in [6.07, 6.45) is 0. The van der Waals surface area contributed by atoms with Crippen molar-refractivity contribution in [2.45, 2.75) is 38.6 Å². The van der Waals surface area contributed by atoms with Crippen molar-refractivity contribution in [2.24, 2.45) is 0 Å². The summed E-state index contributed by atoms with van der Waals surface area (Å²) in [5, 5.41) is 2.91. The fourth-order valence-corrected chi connectivity index (χ4v) is 4.87.